The van der Waals surface area contributed by atoms with E-state index >= 15 is 0 Å². The Hall–Kier alpha value is -2.69. The number of hydrogen-bond donors (Lipinski definition) is 0. The molecule has 5 nitrogen and oxygen atoms in total. The van der Waals surface area contributed by atoms with Crippen LogP contribution in [0.3, 0.4) is 0 Å². The number of methoxy groups -OCH3 is 3. The highest BCUT2D eigenvalue weighted by Crippen LogP contribution is 2.31. The zero-order valence-corrected chi connectivity index (χ0v) is 14.7. The molecule has 0 saturated heterocycles. The van der Waals surface area contributed by atoms with Gasteiger partial charge >= 0.3 is 0 Å². The second kappa shape index (κ2) is 7.73. The summed E-state index contributed by atoms with van der Waals surface area (Å²) < 4.78 is 15.9. The van der Waals surface area contributed by atoms with Crippen molar-refractivity contribution in [3.8, 4) is 17.2 Å². The van der Waals surface area contributed by atoms with Crippen LogP contribution in [0, 0.1) is 0 Å². The Morgan fingerprint density at radius 2 is 1.62 bits per heavy atom. The predicted molar refractivity (Wildman–Crippen MR) is 93.0 cm³/mol. The molecule has 0 aliphatic carbocycles. The van der Waals surface area contributed by atoms with Crippen molar-refractivity contribution in [2.75, 3.05) is 28.4 Å². The topological polar surface area (TPSA) is 48.0 Å². The van der Waals surface area contributed by atoms with Crippen molar-refractivity contribution in [3.05, 3.63) is 53.6 Å². The number of benzene rings is 2. The molecule has 2 aromatic carbocycles. The average molecular weight is 329 g/mol. The van der Waals surface area contributed by atoms with Gasteiger partial charge in [0.25, 0.3) is 5.91 Å². The van der Waals surface area contributed by atoms with E-state index in [0.717, 1.165) is 11.3 Å². The lowest BCUT2D eigenvalue weighted by Gasteiger charge is -2.27. The van der Waals surface area contributed by atoms with E-state index in [4.69, 9.17) is 14.2 Å². The molecular formula is C19H23NO4. The van der Waals surface area contributed by atoms with Gasteiger partial charge in [0.15, 0.2) is 0 Å². The van der Waals surface area contributed by atoms with Crippen molar-refractivity contribution >= 4 is 5.91 Å². The Morgan fingerprint density at radius 1 is 0.958 bits per heavy atom. The van der Waals surface area contributed by atoms with E-state index in [2.05, 4.69) is 0 Å². The zero-order chi connectivity index (χ0) is 17.7. The van der Waals surface area contributed by atoms with Crippen molar-refractivity contribution in [2.45, 2.75) is 13.0 Å². The molecule has 1 amide bonds. The maximum absolute atomic E-state index is 13.0. The molecule has 0 bridgehead atoms. The van der Waals surface area contributed by atoms with E-state index in [-0.39, 0.29) is 11.9 Å². The minimum atomic E-state index is -0.162. The first-order chi connectivity index (χ1) is 11.5. The zero-order valence-electron chi connectivity index (χ0n) is 14.7. The number of carbonyl (C=O) groups is 1. The van der Waals surface area contributed by atoms with E-state index in [1.165, 1.54) is 0 Å². The Morgan fingerprint density at radius 3 is 2.25 bits per heavy atom. The molecule has 1 unspecified atom stereocenters. The van der Waals surface area contributed by atoms with Gasteiger partial charge in [0.1, 0.15) is 17.2 Å². The summed E-state index contributed by atoms with van der Waals surface area (Å²) in [6.07, 6.45) is 0. The molecule has 0 aliphatic rings. The lowest BCUT2D eigenvalue weighted by molar-refractivity contribution is 0.0737. The van der Waals surface area contributed by atoms with Crippen LogP contribution in [-0.4, -0.2) is 39.2 Å². The average Bonchev–Trinajstić information content (AvgIpc) is 2.65. The molecule has 2 aromatic rings. The molecule has 0 saturated carbocycles. The fraction of sp³-hybridized carbons (Fsp3) is 0.316. The summed E-state index contributed by atoms with van der Waals surface area (Å²) in [5.41, 5.74) is 1.40. The van der Waals surface area contributed by atoms with Gasteiger partial charge in [-0.3, -0.25) is 4.79 Å². The Kier molecular flexibility index (Phi) is 5.68. The van der Waals surface area contributed by atoms with E-state index in [0.29, 0.717) is 17.1 Å². The van der Waals surface area contributed by atoms with Crippen LogP contribution >= 0.6 is 0 Å². The third kappa shape index (κ3) is 3.45. The Labute approximate surface area is 142 Å². The molecule has 2 rings (SSSR count). The number of hydrogen-bond acceptors (Lipinski definition) is 4. The molecule has 0 spiro atoms. The van der Waals surface area contributed by atoms with Crippen LogP contribution in [-0.2, 0) is 0 Å². The van der Waals surface area contributed by atoms with Gasteiger partial charge in [-0.05, 0) is 31.2 Å². The second-order valence-corrected chi connectivity index (χ2v) is 5.40. The predicted octanol–water partition coefficient (Wildman–Crippen LogP) is 3.55. The van der Waals surface area contributed by atoms with Crippen LogP contribution in [0.1, 0.15) is 28.9 Å². The summed E-state index contributed by atoms with van der Waals surface area (Å²) in [4.78, 5) is 14.6. The molecule has 0 aliphatic heterocycles. The molecule has 0 heterocycles. The standard InChI is InChI=1S/C19H23NO4/c1-13(15-8-6-7-9-17(15)23-4)20(2)19(21)16-12-14(22-3)10-11-18(16)24-5/h6-13H,1-5H3. The number of nitrogens with zero attached hydrogens (tertiary/aromatic N) is 1. The summed E-state index contributed by atoms with van der Waals surface area (Å²) in [6, 6.07) is 12.7. The molecule has 128 valence electrons. The number of ether oxygens (including phenoxy) is 3. The molecule has 0 aromatic heterocycles. The third-order valence-corrected chi connectivity index (χ3v) is 4.13. The van der Waals surface area contributed by atoms with Crippen LogP contribution in [0.15, 0.2) is 42.5 Å². The van der Waals surface area contributed by atoms with E-state index in [1.54, 1.807) is 51.5 Å². The van der Waals surface area contributed by atoms with Gasteiger partial charge in [0, 0.05) is 12.6 Å². The number of carbonyl (C=O) groups excluding carboxylic acids is 1. The molecule has 0 N–H and O–H groups in total. The lowest BCUT2D eigenvalue weighted by atomic mass is 10.0. The molecular weight excluding hydrogens is 306 g/mol. The largest absolute Gasteiger partial charge is 0.497 e. The molecule has 5 heteroatoms. The van der Waals surface area contributed by atoms with Crippen LogP contribution < -0.4 is 14.2 Å². The minimum Gasteiger partial charge on any atom is -0.497 e. The highest BCUT2D eigenvalue weighted by Gasteiger charge is 2.24. The van der Waals surface area contributed by atoms with Gasteiger partial charge in [-0.15, -0.1) is 0 Å². The van der Waals surface area contributed by atoms with Gasteiger partial charge in [-0.25, -0.2) is 0 Å². The Bertz CT molecular complexity index is 714. The van der Waals surface area contributed by atoms with Gasteiger partial charge in [0.2, 0.25) is 0 Å². The summed E-state index contributed by atoms with van der Waals surface area (Å²) in [6.45, 7) is 1.96. The van der Waals surface area contributed by atoms with Crippen molar-refractivity contribution in [1.82, 2.24) is 4.90 Å². The minimum absolute atomic E-state index is 0.149. The van der Waals surface area contributed by atoms with Crippen molar-refractivity contribution in [3.63, 3.8) is 0 Å². The molecule has 0 radical (unpaired) electrons. The smallest absolute Gasteiger partial charge is 0.258 e. The highest BCUT2D eigenvalue weighted by molar-refractivity contribution is 5.97. The van der Waals surface area contributed by atoms with Gasteiger partial charge in [-0.1, -0.05) is 18.2 Å². The fourth-order valence-corrected chi connectivity index (χ4v) is 2.57. The first-order valence-corrected chi connectivity index (χ1v) is 7.65. The number of para-hydroxylation sites is 1. The van der Waals surface area contributed by atoms with Gasteiger partial charge in [0.05, 0.1) is 32.9 Å². The van der Waals surface area contributed by atoms with Crippen LogP contribution in [0.5, 0.6) is 17.2 Å². The van der Waals surface area contributed by atoms with Crippen LogP contribution in [0.4, 0.5) is 0 Å². The van der Waals surface area contributed by atoms with E-state index < -0.39 is 0 Å². The van der Waals surface area contributed by atoms with Crippen LogP contribution in [0.25, 0.3) is 0 Å². The maximum atomic E-state index is 13.0. The van der Waals surface area contributed by atoms with Crippen LogP contribution in [0.2, 0.25) is 0 Å². The summed E-state index contributed by atoms with van der Waals surface area (Å²) in [7, 11) is 6.50. The summed E-state index contributed by atoms with van der Waals surface area (Å²) in [5, 5.41) is 0. The van der Waals surface area contributed by atoms with E-state index in [9.17, 15) is 4.79 Å². The van der Waals surface area contributed by atoms with Gasteiger partial charge in [-0.2, -0.15) is 0 Å². The van der Waals surface area contributed by atoms with Gasteiger partial charge < -0.3 is 19.1 Å². The quantitative estimate of drug-likeness (QED) is 0.813. The highest BCUT2D eigenvalue weighted by atomic mass is 16.5. The monoisotopic (exact) mass is 329 g/mol. The van der Waals surface area contributed by atoms with Crippen molar-refractivity contribution < 1.29 is 19.0 Å². The van der Waals surface area contributed by atoms with E-state index in [1.807, 2.05) is 31.2 Å². The first-order valence-electron chi connectivity index (χ1n) is 7.65. The summed E-state index contributed by atoms with van der Waals surface area (Å²) in [5.74, 6) is 1.73. The SMILES string of the molecule is COc1ccc(OC)c(C(=O)N(C)C(C)c2ccccc2OC)c1. The number of rotatable bonds is 6. The van der Waals surface area contributed by atoms with Crippen molar-refractivity contribution in [1.29, 1.82) is 0 Å². The first kappa shape index (κ1) is 17.7. The molecule has 1 atom stereocenters. The molecule has 0 fully saturated rings. The normalized spacial score (nSPS) is 11.5. The molecule has 24 heavy (non-hydrogen) atoms. The second-order valence-electron chi connectivity index (χ2n) is 5.40. The fourth-order valence-electron chi connectivity index (χ4n) is 2.57. The number of amides is 1. The lowest BCUT2D eigenvalue weighted by Crippen LogP contribution is -2.30. The maximum Gasteiger partial charge on any atom is 0.258 e. The summed E-state index contributed by atoms with van der Waals surface area (Å²) >= 11 is 0. The third-order valence-electron chi connectivity index (χ3n) is 4.13. The Balaban J connectivity index is 2.35. The van der Waals surface area contributed by atoms with Crippen molar-refractivity contribution in [2.24, 2.45) is 0 Å².